The van der Waals surface area contributed by atoms with E-state index in [-0.39, 0.29) is 17.6 Å². The number of hydrogen-bond donors (Lipinski definition) is 2. The lowest BCUT2D eigenvalue weighted by atomic mass is 10.0. The highest BCUT2D eigenvalue weighted by atomic mass is 19.4. The third kappa shape index (κ3) is 6.68. The molecule has 5 rings (SSSR count). The van der Waals surface area contributed by atoms with Gasteiger partial charge in [-0.15, -0.1) is 0 Å². The quantitative estimate of drug-likeness (QED) is 0.319. The average Bonchev–Trinajstić information content (AvgIpc) is 2.93. The predicted molar refractivity (Wildman–Crippen MR) is 145 cm³/mol. The molecule has 0 radical (unpaired) electrons. The number of alkyl halides is 3. The van der Waals surface area contributed by atoms with Crippen molar-refractivity contribution in [3.63, 3.8) is 0 Å². The largest absolute Gasteiger partial charge is 0.433 e. The molecule has 1 aliphatic heterocycles. The van der Waals surface area contributed by atoms with Crippen molar-refractivity contribution in [3.8, 4) is 22.3 Å². The van der Waals surface area contributed by atoms with E-state index in [1.165, 1.54) is 12.3 Å². The molecule has 200 valence electrons. The van der Waals surface area contributed by atoms with Gasteiger partial charge in [-0.25, -0.2) is 0 Å². The molecule has 2 aromatic heterocycles. The van der Waals surface area contributed by atoms with Crippen LogP contribution in [0.2, 0.25) is 0 Å². The monoisotopic (exact) mass is 531 g/mol. The van der Waals surface area contributed by atoms with E-state index in [0.29, 0.717) is 23.4 Å². The van der Waals surface area contributed by atoms with Gasteiger partial charge in [0.1, 0.15) is 11.4 Å². The Kier molecular flexibility index (Phi) is 7.72. The zero-order valence-corrected chi connectivity index (χ0v) is 21.2. The highest BCUT2D eigenvalue weighted by Gasteiger charge is 2.32. The van der Waals surface area contributed by atoms with Crippen molar-refractivity contribution in [3.05, 3.63) is 102 Å². The Hall–Kier alpha value is -4.08. The Balaban J connectivity index is 1.44. The first-order chi connectivity index (χ1) is 18.7. The van der Waals surface area contributed by atoms with Crippen LogP contribution in [0.3, 0.4) is 0 Å². The second-order valence-corrected chi connectivity index (χ2v) is 9.74. The van der Waals surface area contributed by atoms with Gasteiger partial charge in [-0.1, -0.05) is 36.4 Å². The summed E-state index contributed by atoms with van der Waals surface area (Å²) in [5, 5.41) is 2.92. The maximum Gasteiger partial charge on any atom is 0.433 e. The Morgan fingerprint density at radius 3 is 2.49 bits per heavy atom. The molecule has 0 bridgehead atoms. The van der Waals surface area contributed by atoms with Crippen LogP contribution in [0.5, 0.6) is 0 Å². The van der Waals surface area contributed by atoms with Crippen molar-refractivity contribution in [1.82, 2.24) is 14.9 Å². The summed E-state index contributed by atoms with van der Waals surface area (Å²) in [6.45, 7) is 2.25. The number of halogens is 3. The number of carbonyl (C=O) groups is 1. The number of piperidine rings is 1. The molecule has 3 N–H and O–H groups in total. The lowest BCUT2D eigenvalue weighted by Crippen LogP contribution is -2.42. The molecule has 1 atom stereocenters. The van der Waals surface area contributed by atoms with Gasteiger partial charge in [-0.05, 0) is 78.0 Å². The standard InChI is InChI=1S/C30H28F3N5O/c31-30(32,33)28-9-8-23(17-36-28)24-13-20(18-38-12-4-7-25(34)19-38)14-26(15-24)37-29(39)27-16-22(10-11-35-27)21-5-2-1-3-6-21/h1-3,5-6,8-11,13-17,25H,4,7,12,18-19,34H2,(H,37,39)/t25-/m0/s1. The molecule has 0 spiro atoms. The zero-order valence-electron chi connectivity index (χ0n) is 21.2. The lowest BCUT2D eigenvalue weighted by Gasteiger charge is -2.30. The summed E-state index contributed by atoms with van der Waals surface area (Å²) in [6.07, 6.45) is 0.246. The Bertz CT molecular complexity index is 1440. The van der Waals surface area contributed by atoms with Crippen molar-refractivity contribution in [1.29, 1.82) is 0 Å². The smallest absolute Gasteiger partial charge is 0.327 e. The first kappa shape index (κ1) is 26.5. The molecule has 3 heterocycles. The van der Waals surface area contributed by atoms with Crippen molar-refractivity contribution in [2.75, 3.05) is 18.4 Å². The second-order valence-electron chi connectivity index (χ2n) is 9.74. The Morgan fingerprint density at radius 1 is 0.949 bits per heavy atom. The number of likely N-dealkylation sites (tertiary alicyclic amines) is 1. The first-order valence-electron chi connectivity index (χ1n) is 12.7. The van der Waals surface area contributed by atoms with Crippen LogP contribution in [-0.2, 0) is 12.7 Å². The molecule has 39 heavy (non-hydrogen) atoms. The van der Waals surface area contributed by atoms with Gasteiger partial charge in [-0.2, -0.15) is 13.2 Å². The third-order valence-corrected chi connectivity index (χ3v) is 6.69. The molecular formula is C30H28F3N5O. The fourth-order valence-corrected chi connectivity index (χ4v) is 4.81. The molecule has 1 amide bonds. The number of nitrogens with zero attached hydrogens (tertiary/aromatic N) is 3. The molecule has 0 aliphatic carbocycles. The topological polar surface area (TPSA) is 84.1 Å². The Morgan fingerprint density at radius 2 is 1.77 bits per heavy atom. The van der Waals surface area contributed by atoms with Gasteiger partial charge >= 0.3 is 6.18 Å². The number of amides is 1. The molecule has 0 saturated carbocycles. The van der Waals surface area contributed by atoms with Crippen molar-refractivity contribution < 1.29 is 18.0 Å². The minimum atomic E-state index is -4.52. The van der Waals surface area contributed by atoms with E-state index >= 15 is 0 Å². The van der Waals surface area contributed by atoms with E-state index < -0.39 is 11.9 Å². The van der Waals surface area contributed by atoms with Gasteiger partial charge in [0.15, 0.2) is 0 Å². The van der Waals surface area contributed by atoms with Gasteiger partial charge in [-0.3, -0.25) is 19.7 Å². The zero-order chi connectivity index (χ0) is 27.4. The normalized spacial score (nSPS) is 16.2. The van der Waals surface area contributed by atoms with Crippen LogP contribution in [0, 0.1) is 0 Å². The summed E-state index contributed by atoms with van der Waals surface area (Å²) < 4.78 is 39.2. The Labute approximate surface area is 224 Å². The summed E-state index contributed by atoms with van der Waals surface area (Å²) in [6, 6.07) is 21.2. The molecule has 1 saturated heterocycles. The molecule has 1 aliphatic rings. The van der Waals surface area contributed by atoms with E-state index in [1.807, 2.05) is 48.5 Å². The van der Waals surface area contributed by atoms with E-state index in [2.05, 4.69) is 20.2 Å². The maximum absolute atomic E-state index is 13.2. The fourth-order valence-electron chi connectivity index (χ4n) is 4.81. The molecular weight excluding hydrogens is 503 g/mol. The summed E-state index contributed by atoms with van der Waals surface area (Å²) in [5.74, 6) is -0.388. The van der Waals surface area contributed by atoms with Crippen LogP contribution >= 0.6 is 0 Å². The van der Waals surface area contributed by atoms with Gasteiger partial charge < -0.3 is 11.1 Å². The molecule has 2 aromatic carbocycles. The van der Waals surface area contributed by atoms with Gasteiger partial charge in [0, 0.05) is 42.8 Å². The highest BCUT2D eigenvalue weighted by molar-refractivity contribution is 6.03. The van der Waals surface area contributed by atoms with Crippen LogP contribution in [0.4, 0.5) is 18.9 Å². The minimum absolute atomic E-state index is 0.100. The number of rotatable bonds is 6. The lowest BCUT2D eigenvalue weighted by molar-refractivity contribution is -0.141. The number of nitrogens with two attached hydrogens (primary N) is 1. The van der Waals surface area contributed by atoms with E-state index in [0.717, 1.165) is 48.7 Å². The number of benzene rings is 2. The van der Waals surface area contributed by atoms with Gasteiger partial charge in [0.05, 0.1) is 0 Å². The summed E-state index contributed by atoms with van der Waals surface area (Å²) in [5.41, 5.74) is 9.87. The van der Waals surface area contributed by atoms with Crippen molar-refractivity contribution in [2.45, 2.75) is 31.6 Å². The van der Waals surface area contributed by atoms with Crippen LogP contribution in [0.1, 0.15) is 34.6 Å². The molecule has 4 aromatic rings. The number of pyridine rings is 2. The van der Waals surface area contributed by atoms with Crippen LogP contribution in [0.15, 0.2) is 85.2 Å². The number of aromatic nitrogens is 2. The SMILES string of the molecule is N[C@H]1CCCN(Cc2cc(NC(=O)c3cc(-c4ccccc4)ccn3)cc(-c3ccc(C(F)(F)F)nc3)c2)C1. The van der Waals surface area contributed by atoms with Gasteiger partial charge in [0.2, 0.25) is 0 Å². The van der Waals surface area contributed by atoms with Crippen LogP contribution in [0.25, 0.3) is 22.3 Å². The van der Waals surface area contributed by atoms with Crippen LogP contribution in [-0.4, -0.2) is 39.9 Å². The first-order valence-corrected chi connectivity index (χ1v) is 12.7. The van der Waals surface area contributed by atoms with Crippen LogP contribution < -0.4 is 11.1 Å². The predicted octanol–water partition coefficient (Wildman–Crippen LogP) is 6.00. The minimum Gasteiger partial charge on any atom is -0.327 e. The van der Waals surface area contributed by atoms with Crippen molar-refractivity contribution >= 4 is 11.6 Å². The number of anilines is 1. The summed E-state index contributed by atoms with van der Waals surface area (Å²) >= 11 is 0. The summed E-state index contributed by atoms with van der Waals surface area (Å²) in [7, 11) is 0. The average molecular weight is 532 g/mol. The number of nitrogens with one attached hydrogen (secondary N) is 1. The fraction of sp³-hybridized carbons (Fsp3) is 0.233. The number of hydrogen-bond acceptors (Lipinski definition) is 5. The molecule has 0 unspecified atom stereocenters. The molecule has 1 fully saturated rings. The molecule has 9 heteroatoms. The van der Waals surface area contributed by atoms with Crippen molar-refractivity contribution in [2.24, 2.45) is 5.73 Å². The second kappa shape index (κ2) is 11.3. The van der Waals surface area contributed by atoms with Gasteiger partial charge in [0.25, 0.3) is 5.91 Å². The van der Waals surface area contributed by atoms with E-state index in [4.69, 9.17) is 5.73 Å². The molecule has 6 nitrogen and oxygen atoms in total. The summed E-state index contributed by atoms with van der Waals surface area (Å²) in [4.78, 5) is 23.3. The van der Waals surface area contributed by atoms with E-state index in [9.17, 15) is 18.0 Å². The maximum atomic E-state index is 13.2. The number of carbonyl (C=O) groups excluding carboxylic acids is 1. The third-order valence-electron chi connectivity index (χ3n) is 6.69. The van der Waals surface area contributed by atoms with E-state index in [1.54, 1.807) is 18.3 Å². The highest BCUT2D eigenvalue weighted by Crippen LogP contribution is 2.31.